The summed E-state index contributed by atoms with van der Waals surface area (Å²) >= 11 is 6.14. The van der Waals surface area contributed by atoms with Gasteiger partial charge in [-0.05, 0) is 42.7 Å². The number of rotatable bonds is 5. The Labute approximate surface area is 184 Å². The van der Waals surface area contributed by atoms with Crippen LogP contribution in [0.25, 0.3) is 0 Å². The normalized spacial score (nSPS) is 16.3. The van der Waals surface area contributed by atoms with Crippen molar-refractivity contribution in [3.05, 3.63) is 64.7 Å². The minimum absolute atomic E-state index is 0.0644. The van der Waals surface area contributed by atoms with E-state index in [0.717, 1.165) is 28.1 Å². The van der Waals surface area contributed by atoms with Gasteiger partial charge in [-0.15, -0.1) is 0 Å². The molecule has 0 aliphatic carbocycles. The maximum atomic E-state index is 12.9. The highest BCUT2D eigenvalue weighted by Crippen LogP contribution is 2.32. The average molecular weight is 475 g/mol. The largest absolute Gasteiger partial charge is 0.416 e. The van der Waals surface area contributed by atoms with E-state index in [1.165, 1.54) is 0 Å². The van der Waals surface area contributed by atoms with Gasteiger partial charge in [-0.3, -0.25) is 4.79 Å². The van der Waals surface area contributed by atoms with Crippen molar-refractivity contribution in [2.45, 2.75) is 30.5 Å². The molecule has 1 aliphatic rings. The molecule has 0 N–H and O–H groups in total. The summed E-state index contributed by atoms with van der Waals surface area (Å²) in [4.78, 5) is 13.9. The molecule has 0 unspecified atom stereocenters. The molecule has 0 atom stereocenters. The molecule has 5 nitrogen and oxygen atoms in total. The Bertz CT molecular complexity index is 1050. The molecule has 10 heteroatoms. The van der Waals surface area contributed by atoms with E-state index < -0.39 is 26.7 Å². The molecule has 0 bridgehead atoms. The second-order valence-electron chi connectivity index (χ2n) is 7.49. The molecule has 1 aliphatic heterocycles. The molecule has 1 saturated heterocycles. The molecule has 1 heterocycles. The first-order valence-electron chi connectivity index (χ1n) is 9.66. The molecular formula is C21H22ClF3N2O3S. The Hall–Kier alpha value is -2.10. The van der Waals surface area contributed by atoms with Crippen LogP contribution in [0.2, 0.25) is 5.02 Å². The number of halogens is 4. The zero-order valence-electron chi connectivity index (χ0n) is 16.8. The number of amides is 1. The highest BCUT2D eigenvalue weighted by Gasteiger charge is 2.35. The van der Waals surface area contributed by atoms with Crippen molar-refractivity contribution in [3.8, 4) is 0 Å². The van der Waals surface area contributed by atoms with Crippen molar-refractivity contribution >= 4 is 27.5 Å². The number of carbonyl (C=O) groups is 1. The smallest absolute Gasteiger partial charge is 0.341 e. The SMILES string of the molecule is CN(Cc1ccccc1Cl)C(=O)C1CCN(S(=O)(=O)c2cccc(C(F)(F)F)c2)CC1. The number of benzene rings is 2. The zero-order valence-corrected chi connectivity index (χ0v) is 18.3. The van der Waals surface area contributed by atoms with Gasteiger partial charge in [0.1, 0.15) is 0 Å². The predicted octanol–water partition coefficient (Wildman–Crippen LogP) is 4.42. The number of hydrogen-bond donors (Lipinski definition) is 0. The van der Waals surface area contributed by atoms with Gasteiger partial charge in [-0.25, -0.2) is 8.42 Å². The van der Waals surface area contributed by atoms with E-state index in [2.05, 4.69) is 0 Å². The van der Waals surface area contributed by atoms with Crippen molar-refractivity contribution in [3.63, 3.8) is 0 Å². The van der Waals surface area contributed by atoms with Crippen LogP contribution in [0.1, 0.15) is 24.0 Å². The van der Waals surface area contributed by atoms with Gasteiger partial charge in [0, 0.05) is 37.6 Å². The van der Waals surface area contributed by atoms with E-state index in [1.807, 2.05) is 12.1 Å². The number of hydrogen-bond acceptors (Lipinski definition) is 3. The molecule has 0 aromatic heterocycles. The van der Waals surface area contributed by atoms with Gasteiger partial charge in [-0.1, -0.05) is 35.9 Å². The fraction of sp³-hybridized carbons (Fsp3) is 0.381. The van der Waals surface area contributed by atoms with Crippen LogP contribution in [0.3, 0.4) is 0 Å². The van der Waals surface area contributed by atoms with E-state index in [9.17, 15) is 26.4 Å². The van der Waals surface area contributed by atoms with Gasteiger partial charge in [0.2, 0.25) is 15.9 Å². The molecule has 1 amide bonds. The predicted molar refractivity (Wildman–Crippen MR) is 111 cm³/mol. The Morgan fingerprint density at radius 1 is 1.13 bits per heavy atom. The topological polar surface area (TPSA) is 57.7 Å². The Morgan fingerprint density at radius 2 is 1.77 bits per heavy atom. The summed E-state index contributed by atoms with van der Waals surface area (Å²) in [7, 11) is -2.41. The first-order valence-corrected chi connectivity index (χ1v) is 11.5. The molecule has 0 spiro atoms. The fourth-order valence-corrected chi connectivity index (χ4v) is 5.31. The molecule has 0 radical (unpaired) electrons. The summed E-state index contributed by atoms with van der Waals surface area (Å²) in [6, 6.07) is 10.9. The van der Waals surface area contributed by atoms with Gasteiger partial charge < -0.3 is 4.90 Å². The third kappa shape index (κ3) is 5.39. The minimum atomic E-state index is -4.63. The molecule has 3 rings (SSSR count). The van der Waals surface area contributed by atoms with Crippen LogP contribution in [-0.4, -0.2) is 43.7 Å². The lowest BCUT2D eigenvalue weighted by molar-refractivity contribution is -0.138. The van der Waals surface area contributed by atoms with Crippen LogP contribution in [-0.2, 0) is 27.5 Å². The number of alkyl halides is 3. The molecule has 1 fully saturated rings. The molecule has 0 saturated carbocycles. The van der Waals surface area contributed by atoms with Crippen molar-refractivity contribution in [2.24, 2.45) is 5.92 Å². The summed E-state index contributed by atoms with van der Waals surface area (Å²) in [5.41, 5.74) is -0.204. The summed E-state index contributed by atoms with van der Waals surface area (Å²) in [5, 5.41) is 0.559. The lowest BCUT2D eigenvalue weighted by Crippen LogP contribution is -2.43. The van der Waals surface area contributed by atoms with Crippen molar-refractivity contribution in [2.75, 3.05) is 20.1 Å². The molecule has 2 aromatic rings. The van der Waals surface area contributed by atoms with E-state index >= 15 is 0 Å². The van der Waals surface area contributed by atoms with Gasteiger partial charge in [0.15, 0.2) is 0 Å². The summed E-state index contributed by atoms with van der Waals surface area (Å²) in [5.74, 6) is -0.475. The van der Waals surface area contributed by atoms with Gasteiger partial charge in [0.25, 0.3) is 0 Å². The Balaban J connectivity index is 1.65. The standard InChI is InChI=1S/C21H22ClF3N2O3S/c1-26(14-16-5-2-3-8-19(16)22)20(28)15-9-11-27(12-10-15)31(29,30)18-7-4-6-17(13-18)21(23,24)25/h2-8,13,15H,9-12,14H2,1H3. The highest BCUT2D eigenvalue weighted by molar-refractivity contribution is 7.89. The molecule has 31 heavy (non-hydrogen) atoms. The lowest BCUT2D eigenvalue weighted by Gasteiger charge is -2.32. The third-order valence-corrected chi connectivity index (χ3v) is 7.61. The molecular weight excluding hydrogens is 453 g/mol. The van der Waals surface area contributed by atoms with Crippen LogP contribution in [0.4, 0.5) is 13.2 Å². The van der Waals surface area contributed by atoms with Crippen molar-refractivity contribution < 1.29 is 26.4 Å². The van der Waals surface area contributed by atoms with Crippen LogP contribution >= 0.6 is 11.6 Å². The summed E-state index contributed by atoms with van der Waals surface area (Å²) in [6.45, 7) is 0.463. The first kappa shape index (κ1) is 23.6. The van der Waals surface area contributed by atoms with Crippen molar-refractivity contribution in [1.82, 2.24) is 9.21 Å². The third-order valence-electron chi connectivity index (χ3n) is 5.34. The lowest BCUT2D eigenvalue weighted by atomic mass is 9.96. The van der Waals surface area contributed by atoms with Crippen LogP contribution in [0, 0.1) is 5.92 Å². The summed E-state index contributed by atoms with van der Waals surface area (Å²) < 4.78 is 65.6. The van der Waals surface area contributed by atoms with E-state index in [4.69, 9.17) is 11.6 Å². The Morgan fingerprint density at radius 3 is 2.39 bits per heavy atom. The highest BCUT2D eigenvalue weighted by atomic mass is 35.5. The van der Waals surface area contributed by atoms with Gasteiger partial charge >= 0.3 is 6.18 Å². The maximum absolute atomic E-state index is 12.9. The average Bonchev–Trinajstić information content (AvgIpc) is 2.74. The fourth-order valence-electron chi connectivity index (χ4n) is 3.60. The van der Waals surface area contributed by atoms with Gasteiger partial charge in [0.05, 0.1) is 10.5 Å². The molecule has 168 valence electrons. The second kappa shape index (κ2) is 9.18. The van der Waals surface area contributed by atoms with E-state index in [0.29, 0.717) is 30.5 Å². The first-order chi connectivity index (χ1) is 14.5. The summed E-state index contributed by atoms with van der Waals surface area (Å²) in [6.07, 6.45) is -4.04. The monoisotopic (exact) mass is 474 g/mol. The second-order valence-corrected chi connectivity index (χ2v) is 9.83. The number of carbonyl (C=O) groups excluding carboxylic acids is 1. The maximum Gasteiger partial charge on any atom is 0.416 e. The van der Waals surface area contributed by atoms with E-state index in [-0.39, 0.29) is 24.9 Å². The minimum Gasteiger partial charge on any atom is -0.341 e. The van der Waals surface area contributed by atoms with Crippen LogP contribution in [0.15, 0.2) is 53.4 Å². The van der Waals surface area contributed by atoms with E-state index in [1.54, 1.807) is 24.1 Å². The van der Waals surface area contributed by atoms with Gasteiger partial charge in [-0.2, -0.15) is 17.5 Å². The van der Waals surface area contributed by atoms with Crippen molar-refractivity contribution in [1.29, 1.82) is 0 Å². The molecule has 2 aromatic carbocycles. The quantitative estimate of drug-likeness (QED) is 0.644. The Kier molecular flexibility index (Phi) is 6.98. The van der Waals surface area contributed by atoms with Crippen LogP contribution in [0.5, 0.6) is 0 Å². The van der Waals surface area contributed by atoms with Crippen LogP contribution < -0.4 is 0 Å². The number of piperidine rings is 1. The number of nitrogens with zero attached hydrogens (tertiary/aromatic N) is 2. The number of sulfonamides is 1. The zero-order chi connectivity index (χ0) is 22.8.